The first-order valence-electron chi connectivity index (χ1n) is 9.49. The summed E-state index contributed by atoms with van der Waals surface area (Å²) in [6, 6.07) is 4.18. The highest BCUT2D eigenvalue weighted by Gasteiger charge is 2.33. The highest BCUT2D eigenvalue weighted by molar-refractivity contribution is 7.89. The maximum Gasteiger partial charge on any atom is 0.338 e. The van der Waals surface area contributed by atoms with Crippen molar-refractivity contribution in [1.29, 1.82) is 0 Å². The Hall–Kier alpha value is -2.13. The molecule has 3 rings (SSSR count). The average Bonchev–Trinajstić information content (AvgIpc) is 3.49. The van der Waals surface area contributed by atoms with Gasteiger partial charge in [0.25, 0.3) is 5.91 Å². The van der Waals surface area contributed by atoms with Crippen LogP contribution in [0.2, 0.25) is 0 Å². The van der Waals surface area contributed by atoms with Gasteiger partial charge in [-0.15, -0.1) is 0 Å². The molecule has 2 fully saturated rings. The molecule has 1 aliphatic heterocycles. The number of hydrogen-bond donors (Lipinski definition) is 1. The molecule has 1 amide bonds. The molecule has 0 spiro atoms. The lowest BCUT2D eigenvalue weighted by molar-refractivity contribution is -0.124. The van der Waals surface area contributed by atoms with Crippen molar-refractivity contribution in [2.75, 3.05) is 20.3 Å². The Morgan fingerprint density at radius 3 is 2.61 bits per heavy atom. The molecule has 1 N–H and O–H groups in total. The Bertz CT molecular complexity index is 850. The van der Waals surface area contributed by atoms with Crippen LogP contribution in [0.4, 0.5) is 0 Å². The van der Waals surface area contributed by atoms with Crippen LogP contribution in [-0.2, 0) is 19.6 Å². The molecule has 1 unspecified atom stereocenters. The Balaban J connectivity index is 1.78. The van der Waals surface area contributed by atoms with Gasteiger partial charge in [-0.1, -0.05) is 6.42 Å². The van der Waals surface area contributed by atoms with Gasteiger partial charge in [-0.05, 0) is 50.8 Å². The van der Waals surface area contributed by atoms with Crippen molar-refractivity contribution < 1.29 is 27.5 Å². The second-order valence-corrected chi connectivity index (χ2v) is 9.10. The lowest BCUT2D eigenvalue weighted by Gasteiger charge is -2.32. The predicted molar refractivity (Wildman–Crippen MR) is 102 cm³/mol. The highest BCUT2D eigenvalue weighted by atomic mass is 32.2. The molecular weight excluding hydrogens is 384 g/mol. The number of carbonyl (C=O) groups is 2. The van der Waals surface area contributed by atoms with Crippen LogP contribution in [0.25, 0.3) is 0 Å². The van der Waals surface area contributed by atoms with Crippen LogP contribution < -0.4 is 10.1 Å². The maximum atomic E-state index is 13.2. The summed E-state index contributed by atoms with van der Waals surface area (Å²) in [5.41, 5.74) is 0.0586. The zero-order valence-corrected chi connectivity index (χ0v) is 17.0. The molecule has 0 bridgehead atoms. The Morgan fingerprint density at radius 2 is 1.96 bits per heavy atom. The van der Waals surface area contributed by atoms with Gasteiger partial charge >= 0.3 is 5.97 Å². The van der Waals surface area contributed by atoms with Crippen LogP contribution in [0, 0.1) is 0 Å². The Kier molecular flexibility index (Phi) is 6.24. The van der Waals surface area contributed by atoms with E-state index in [1.807, 2.05) is 6.92 Å². The monoisotopic (exact) mass is 410 g/mol. The Morgan fingerprint density at radius 1 is 1.21 bits per heavy atom. The standard InChI is InChI=1S/C19H26N2O6S/c1-13-5-3-4-10-21(13)28(24,25)17-11-14(6-9-16(17)26-2)19(23)27-12-18(22)20-15-7-8-15/h6,9,11,13,15H,3-5,7-8,10,12H2,1-2H3,(H,20,22). The van der Waals surface area contributed by atoms with E-state index in [4.69, 9.17) is 9.47 Å². The zero-order valence-electron chi connectivity index (χ0n) is 16.1. The number of benzene rings is 1. The number of esters is 1. The molecule has 1 saturated carbocycles. The minimum atomic E-state index is -3.83. The predicted octanol–water partition coefficient (Wildman–Crippen LogP) is 1.69. The summed E-state index contributed by atoms with van der Waals surface area (Å²) in [5.74, 6) is -0.947. The molecule has 0 aromatic heterocycles. The second-order valence-electron chi connectivity index (χ2n) is 7.24. The number of carbonyl (C=O) groups excluding carboxylic acids is 2. The Labute approximate surface area is 165 Å². The fourth-order valence-corrected chi connectivity index (χ4v) is 5.15. The van der Waals surface area contributed by atoms with E-state index in [0.29, 0.717) is 6.54 Å². The summed E-state index contributed by atoms with van der Waals surface area (Å²) < 4.78 is 38.0. The third kappa shape index (κ3) is 4.64. The van der Waals surface area contributed by atoms with E-state index < -0.39 is 22.6 Å². The normalized spacial score (nSPS) is 20.4. The first-order chi connectivity index (χ1) is 13.3. The van der Waals surface area contributed by atoms with Gasteiger partial charge < -0.3 is 14.8 Å². The number of nitrogens with zero attached hydrogens (tertiary/aromatic N) is 1. The minimum Gasteiger partial charge on any atom is -0.495 e. The summed E-state index contributed by atoms with van der Waals surface area (Å²) in [4.78, 5) is 23.9. The first-order valence-corrected chi connectivity index (χ1v) is 10.9. The van der Waals surface area contributed by atoms with Crippen molar-refractivity contribution in [3.05, 3.63) is 23.8 Å². The smallest absolute Gasteiger partial charge is 0.338 e. The summed E-state index contributed by atoms with van der Waals surface area (Å²) >= 11 is 0. The van der Waals surface area contributed by atoms with Crippen LogP contribution in [0.15, 0.2) is 23.1 Å². The van der Waals surface area contributed by atoms with Crippen LogP contribution >= 0.6 is 0 Å². The minimum absolute atomic E-state index is 0.0586. The van der Waals surface area contributed by atoms with E-state index in [9.17, 15) is 18.0 Å². The molecule has 9 heteroatoms. The van der Waals surface area contributed by atoms with Gasteiger partial charge in [0.2, 0.25) is 10.0 Å². The average molecular weight is 410 g/mol. The fourth-order valence-electron chi connectivity index (χ4n) is 3.27. The third-order valence-corrected chi connectivity index (χ3v) is 7.04. The van der Waals surface area contributed by atoms with Crippen LogP contribution in [0.3, 0.4) is 0 Å². The van der Waals surface area contributed by atoms with E-state index in [2.05, 4.69) is 5.32 Å². The third-order valence-electron chi connectivity index (χ3n) is 5.00. The number of sulfonamides is 1. The van der Waals surface area contributed by atoms with E-state index in [1.54, 1.807) is 0 Å². The van der Waals surface area contributed by atoms with Crippen molar-refractivity contribution in [1.82, 2.24) is 9.62 Å². The molecule has 0 radical (unpaired) electrons. The van der Waals surface area contributed by atoms with Crippen molar-refractivity contribution in [3.63, 3.8) is 0 Å². The number of nitrogens with one attached hydrogen (secondary N) is 1. The van der Waals surface area contributed by atoms with Gasteiger partial charge in [0.15, 0.2) is 6.61 Å². The summed E-state index contributed by atoms with van der Waals surface area (Å²) in [6.07, 6.45) is 4.45. The molecule has 1 aromatic rings. The van der Waals surface area contributed by atoms with E-state index in [0.717, 1.165) is 32.1 Å². The van der Waals surface area contributed by atoms with Gasteiger partial charge in [-0.3, -0.25) is 4.79 Å². The molecule has 1 atom stereocenters. The van der Waals surface area contributed by atoms with Gasteiger partial charge in [0, 0.05) is 18.6 Å². The molecule has 28 heavy (non-hydrogen) atoms. The van der Waals surface area contributed by atoms with Crippen LogP contribution in [0.5, 0.6) is 5.75 Å². The van der Waals surface area contributed by atoms with Gasteiger partial charge in [0.05, 0.1) is 12.7 Å². The highest BCUT2D eigenvalue weighted by Crippen LogP contribution is 2.31. The molecule has 2 aliphatic rings. The lowest BCUT2D eigenvalue weighted by Crippen LogP contribution is -2.42. The van der Waals surface area contributed by atoms with Crippen LogP contribution in [0.1, 0.15) is 49.4 Å². The number of amides is 1. The molecule has 8 nitrogen and oxygen atoms in total. The summed E-state index contributed by atoms with van der Waals surface area (Å²) in [6.45, 7) is 1.91. The molecular formula is C19H26N2O6S. The van der Waals surface area contributed by atoms with Crippen molar-refractivity contribution in [3.8, 4) is 5.75 Å². The maximum absolute atomic E-state index is 13.2. The van der Waals surface area contributed by atoms with Crippen molar-refractivity contribution in [2.24, 2.45) is 0 Å². The number of ether oxygens (including phenoxy) is 2. The fraction of sp³-hybridized carbons (Fsp3) is 0.579. The van der Waals surface area contributed by atoms with Crippen molar-refractivity contribution >= 4 is 21.9 Å². The van der Waals surface area contributed by atoms with Gasteiger partial charge in [-0.2, -0.15) is 4.31 Å². The number of rotatable bonds is 7. The number of hydrogen-bond acceptors (Lipinski definition) is 6. The van der Waals surface area contributed by atoms with E-state index >= 15 is 0 Å². The largest absolute Gasteiger partial charge is 0.495 e. The van der Waals surface area contributed by atoms with Crippen molar-refractivity contribution in [2.45, 2.75) is 56.0 Å². The van der Waals surface area contributed by atoms with E-state index in [-0.39, 0.29) is 34.2 Å². The quantitative estimate of drug-likeness (QED) is 0.687. The molecule has 1 heterocycles. The molecule has 1 aliphatic carbocycles. The topological polar surface area (TPSA) is 102 Å². The molecule has 1 saturated heterocycles. The first kappa shape index (κ1) is 20.6. The van der Waals surface area contributed by atoms with E-state index in [1.165, 1.54) is 29.6 Å². The van der Waals surface area contributed by atoms with Gasteiger partial charge in [0.1, 0.15) is 10.6 Å². The van der Waals surface area contributed by atoms with Gasteiger partial charge in [-0.25, -0.2) is 13.2 Å². The SMILES string of the molecule is COc1ccc(C(=O)OCC(=O)NC2CC2)cc1S(=O)(=O)N1CCCCC1C. The molecule has 154 valence electrons. The summed E-state index contributed by atoms with van der Waals surface area (Å²) in [7, 11) is -2.44. The second kappa shape index (κ2) is 8.48. The summed E-state index contributed by atoms with van der Waals surface area (Å²) in [5, 5.41) is 2.72. The zero-order chi connectivity index (χ0) is 20.3. The molecule has 1 aromatic carbocycles. The number of piperidine rings is 1. The van der Waals surface area contributed by atoms with Crippen LogP contribution in [-0.4, -0.2) is 56.9 Å². The number of methoxy groups -OCH3 is 1. The lowest BCUT2D eigenvalue weighted by atomic mass is 10.1.